The molecule has 344 valence electrons. The summed E-state index contributed by atoms with van der Waals surface area (Å²) in [6, 6.07) is 23.4. The van der Waals surface area contributed by atoms with Crippen molar-refractivity contribution in [3.8, 4) is 0 Å². The molecule has 0 saturated carbocycles. The summed E-state index contributed by atoms with van der Waals surface area (Å²) in [5, 5.41) is 11.3. The summed E-state index contributed by atoms with van der Waals surface area (Å²) >= 11 is 0. The molecule has 0 aromatic heterocycles. The fourth-order valence-corrected chi connectivity index (χ4v) is 7.93. The molecule has 2 unspecified atom stereocenters. The first kappa shape index (κ1) is 47.8. The fraction of sp³-hybridized carbons (Fsp3) is 0.375. The van der Waals surface area contributed by atoms with E-state index >= 15 is 0 Å². The van der Waals surface area contributed by atoms with Crippen molar-refractivity contribution in [2.45, 2.75) is 25.7 Å². The SMILES string of the molecule is O=C(NCCc1ccc(F)cc1)C1CN(C(=O)COCC(=O)N2CC(C(=O)NCCc3ccc(F)cc3)[C@H](C(=O)NCCc3ccc(F)cc3)C2)C[C@H]1C(=O)NCCc1ccc(F)cc1. The molecule has 4 aromatic carbocycles. The van der Waals surface area contributed by atoms with Gasteiger partial charge in [-0.3, -0.25) is 28.8 Å². The van der Waals surface area contributed by atoms with Crippen LogP contribution >= 0.6 is 0 Å². The lowest BCUT2D eigenvalue weighted by molar-refractivity contribution is -0.141. The van der Waals surface area contributed by atoms with E-state index in [4.69, 9.17) is 4.74 Å². The number of carbonyl (C=O) groups is 6. The van der Waals surface area contributed by atoms with Crippen LogP contribution in [0.1, 0.15) is 22.3 Å². The number of carbonyl (C=O) groups excluding carboxylic acids is 6. The van der Waals surface area contributed by atoms with Gasteiger partial charge >= 0.3 is 0 Å². The highest BCUT2D eigenvalue weighted by atomic mass is 19.1. The Labute approximate surface area is 374 Å². The predicted octanol–water partition coefficient (Wildman–Crippen LogP) is 3.14. The fourth-order valence-electron chi connectivity index (χ4n) is 7.93. The number of halogens is 4. The van der Waals surface area contributed by atoms with Gasteiger partial charge in [0.2, 0.25) is 35.4 Å². The minimum Gasteiger partial charge on any atom is -0.362 e. The van der Waals surface area contributed by atoms with Crippen LogP contribution < -0.4 is 21.3 Å². The summed E-state index contributed by atoms with van der Waals surface area (Å²) in [6.07, 6.45) is 1.61. The summed E-state index contributed by atoms with van der Waals surface area (Å²) in [7, 11) is 0. The molecule has 6 amide bonds. The lowest BCUT2D eigenvalue weighted by Crippen LogP contribution is -2.42. The van der Waals surface area contributed by atoms with Gasteiger partial charge in [-0.2, -0.15) is 0 Å². The van der Waals surface area contributed by atoms with Crippen molar-refractivity contribution in [1.82, 2.24) is 31.1 Å². The van der Waals surface area contributed by atoms with Crippen molar-refractivity contribution in [2.24, 2.45) is 23.7 Å². The highest BCUT2D eigenvalue weighted by molar-refractivity contribution is 5.92. The van der Waals surface area contributed by atoms with E-state index < -0.39 is 72.3 Å². The number of likely N-dealkylation sites (tertiary alicyclic amines) is 2. The molecular weight excluding hydrogens is 849 g/mol. The third-order valence-electron chi connectivity index (χ3n) is 11.6. The Morgan fingerprint density at radius 3 is 0.831 bits per heavy atom. The molecule has 4 atom stereocenters. The maximum atomic E-state index is 13.5. The van der Waals surface area contributed by atoms with Gasteiger partial charge in [0.05, 0.1) is 23.7 Å². The molecule has 0 spiro atoms. The van der Waals surface area contributed by atoms with Gasteiger partial charge in [-0.25, -0.2) is 17.6 Å². The van der Waals surface area contributed by atoms with Crippen molar-refractivity contribution in [1.29, 1.82) is 0 Å². The predicted molar refractivity (Wildman–Crippen MR) is 230 cm³/mol. The Kier molecular flexibility index (Phi) is 17.2. The lowest BCUT2D eigenvalue weighted by Gasteiger charge is -2.18. The topological polar surface area (TPSA) is 166 Å². The number of nitrogens with zero attached hydrogens (tertiary/aromatic N) is 2. The molecule has 2 aliphatic rings. The van der Waals surface area contributed by atoms with Crippen LogP contribution in [0.4, 0.5) is 17.6 Å². The molecule has 6 rings (SSSR count). The van der Waals surface area contributed by atoms with Crippen molar-refractivity contribution >= 4 is 35.4 Å². The zero-order chi connectivity index (χ0) is 46.3. The van der Waals surface area contributed by atoms with Gasteiger partial charge in [-0.15, -0.1) is 0 Å². The second-order valence-corrected chi connectivity index (χ2v) is 16.2. The standard InChI is InChI=1S/C48H52F4N6O7/c49-35-9-1-31(2-10-35)17-21-53-45(61)39-25-57(26-40(39)46(62)54-22-18-32-3-11-36(50)12-4-32)43(59)29-65-30-44(60)58-27-41(47(63)55-23-19-33-5-13-37(51)14-6-33)42(28-58)48(64)56-24-20-34-7-15-38(52)16-8-34/h1-16,39-42H,17-30H2,(H,53,61)(H,54,62)(H,55,63)(H,56,64)/t39-,40?,41-,42?/m1/s1. The number of hydrogen-bond donors (Lipinski definition) is 4. The van der Waals surface area contributed by atoms with Gasteiger partial charge in [-0.05, 0) is 96.5 Å². The Hall–Kier alpha value is -6.62. The second kappa shape index (κ2) is 23.4. The van der Waals surface area contributed by atoms with Crippen LogP contribution in [0.5, 0.6) is 0 Å². The van der Waals surface area contributed by atoms with Crippen LogP contribution in [0.2, 0.25) is 0 Å². The second-order valence-electron chi connectivity index (χ2n) is 16.2. The first-order chi connectivity index (χ1) is 31.3. The van der Waals surface area contributed by atoms with Gasteiger partial charge in [0.1, 0.15) is 36.5 Å². The van der Waals surface area contributed by atoms with E-state index in [1.165, 1.54) is 58.3 Å². The Balaban J connectivity index is 1.02. The summed E-state index contributed by atoms with van der Waals surface area (Å²) in [5.74, 6) is -8.14. The van der Waals surface area contributed by atoms with Crippen LogP contribution in [0.3, 0.4) is 0 Å². The molecule has 2 aliphatic heterocycles. The van der Waals surface area contributed by atoms with Crippen LogP contribution in [0.25, 0.3) is 0 Å². The molecule has 4 aromatic rings. The zero-order valence-corrected chi connectivity index (χ0v) is 35.7. The van der Waals surface area contributed by atoms with Gasteiger partial charge < -0.3 is 35.8 Å². The van der Waals surface area contributed by atoms with Crippen molar-refractivity contribution in [3.05, 3.63) is 143 Å². The Morgan fingerprint density at radius 2 is 0.615 bits per heavy atom. The van der Waals surface area contributed by atoms with E-state index in [0.29, 0.717) is 25.7 Å². The average molecular weight is 901 g/mol. The number of ether oxygens (including phenoxy) is 1. The van der Waals surface area contributed by atoms with Gasteiger partial charge in [0, 0.05) is 52.4 Å². The molecule has 0 radical (unpaired) electrons. The normalized spacial score (nSPS) is 18.0. The van der Waals surface area contributed by atoms with E-state index in [1.54, 1.807) is 48.5 Å². The highest BCUT2D eigenvalue weighted by Crippen LogP contribution is 2.26. The highest BCUT2D eigenvalue weighted by Gasteiger charge is 2.45. The minimum absolute atomic E-state index is 0.101. The molecular formula is C48H52F4N6O7. The van der Waals surface area contributed by atoms with E-state index in [0.717, 1.165) is 22.3 Å². The third-order valence-corrected chi connectivity index (χ3v) is 11.6. The summed E-state index contributed by atoms with van der Waals surface area (Å²) in [6.45, 7) is -0.714. The first-order valence-corrected chi connectivity index (χ1v) is 21.5. The third kappa shape index (κ3) is 14.2. The van der Waals surface area contributed by atoms with Crippen molar-refractivity contribution in [3.63, 3.8) is 0 Å². The van der Waals surface area contributed by atoms with E-state index in [9.17, 15) is 46.3 Å². The summed E-state index contributed by atoms with van der Waals surface area (Å²) in [4.78, 5) is 83.5. The van der Waals surface area contributed by atoms with Gasteiger partial charge in [-0.1, -0.05) is 48.5 Å². The quantitative estimate of drug-likeness (QED) is 0.0991. The number of amides is 6. The lowest BCUT2D eigenvalue weighted by atomic mass is 9.94. The van der Waals surface area contributed by atoms with Gasteiger partial charge in [0.15, 0.2) is 0 Å². The molecule has 2 heterocycles. The molecule has 0 aliphatic carbocycles. The minimum atomic E-state index is -0.915. The maximum absolute atomic E-state index is 13.5. The summed E-state index contributed by atoms with van der Waals surface area (Å²) in [5.41, 5.74) is 3.17. The molecule has 0 bridgehead atoms. The van der Waals surface area contributed by atoms with Crippen LogP contribution in [0.15, 0.2) is 97.1 Å². The number of rotatable bonds is 20. The van der Waals surface area contributed by atoms with E-state index in [1.807, 2.05) is 0 Å². The number of hydrogen-bond acceptors (Lipinski definition) is 7. The zero-order valence-electron chi connectivity index (χ0n) is 35.7. The number of benzene rings is 4. The number of nitrogens with one attached hydrogen (secondary N) is 4. The Bertz CT molecular complexity index is 1960. The smallest absolute Gasteiger partial charge is 0.248 e. The summed E-state index contributed by atoms with van der Waals surface area (Å²) < 4.78 is 59.1. The molecule has 65 heavy (non-hydrogen) atoms. The molecule has 4 N–H and O–H groups in total. The molecule has 17 heteroatoms. The van der Waals surface area contributed by atoms with Crippen LogP contribution in [-0.2, 0) is 59.2 Å². The first-order valence-electron chi connectivity index (χ1n) is 21.5. The van der Waals surface area contributed by atoms with E-state index in [2.05, 4.69) is 21.3 Å². The maximum Gasteiger partial charge on any atom is 0.248 e. The molecule has 2 fully saturated rings. The van der Waals surface area contributed by atoms with E-state index in [-0.39, 0.29) is 75.6 Å². The largest absolute Gasteiger partial charge is 0.362 e. The monoisotopic (exact) mass is 900 g/mol. The molecule has 13 nitrogen and oxygen atoms in total. The molecule has 2 saturated heterocycles. The van der Waals surface area contributed by atoms with Crippen LogP contribution in [-0.4, -0.2) is 111 Å². The average Bonchev–Trinajstić information content (AvgIpc) is 3.96. The van der Waals surface area contributed by atoms with Crippen molar-refractivity contribution < 1.29 is 51.1 Å². The Morgan fingerprint density at radius 1 is 0.400 bits per heavy atom. The van der Waals surface area contributed by atoms with Crippen LogP contribution in [0, 0.1) is 46.9 Å². The van der Waals surface area contributed by atoms with Crippen molar-refractivity contribution in [2.75, 3.05) is 65.6 Å². The van der Waals surface area contributed by atoms with Gasteiger partial charge in [0.25, 0.3) is 0 Å².